The van der Waals surface area contributed by atoms with E-state index in [0.717, 1.165) is 22.3 Å². The maximum Gasteiger partial charge on any atom is 0.416 e. The van der Waals surface area contributed by atoms with Gasteiger partial charge >= 0.3 is 6.18 Å². The number of carbonyl (C=O) groups is 4. The van der Waals surface area contributed by atoms with Crippen molar-refractivity contribution in [3.05, 3.63) is 205 Å². The maximum atomic E-state index is 14.0. The lowest BCUT2D eigenvalue weighted by molar-refractivity contribution is -0.137. The van der Waals surface area contributed by atoms with Crippen LogP contribution in [0.1, 0.15) is 87.3 Å². The Hall–Kier alpha value is -9.99. The van der Waals surface area contributed by atoms with Gasteiger partial charge in [-0.05, 0) is 130 Å². The van der Waals surface area contributed by atoms with Crippen molar-refractivity contribution >= 4 is 29.1 Å². The van der Waals surface area contributed by atoms with E-state index in [4.69, 9.17) is 35.0 Å². The van der Waals surface area contributed by atoms with Crippen molar-refractivity contribution in [1.82, 2.24) is 39.3 Å². The summed E-state index contributed by atoms with van der Waals surface area (Å²) in [6.45, 7) is 16.0. The molecule has 4 aromatic carbocycles. The number of nitrogens with one attached hydrogen (secondary N) is 2. The zero-order valence-corrected chi connectivity index (χ0v) is 53.0. The molecule has 0 bridgehead atoms. The number of alkyl halides is 3. The first kappa shape index (κ1) is 70.9. The molecule has 22 nitrogen and oxygen atoms in total. The fourth-order valence-corrected chi connectivity index (χ4v) is 10.3. The summed E-state index contributed by atoms with van der Waals surface area (Å²) in [5, 5.41) is 23.8. The molecule has 0 aliphatic rings. The molecule has 25 heteroatoms. The highest BCUT2D eigenvalue weighted by atomic mass is 19.4. The van der Waals surface area contributed by atoms with Crippen LogP contribution < -0.4 is 21.8 Å². The lowest BCUT2D eigenvalue weighted by Crippen LogP contribution is -2.35. The number of nitrogens with zero attached hydrogens (tertiary/aromatic N) is 8. The Kier molecular flexibility index (Phi) is 26.4. The largest absolute Gasteiger partial charge is 0.416 e. The van der Waals surface area contributed by atoms with Crippen molar-refractivity contribution < 1.29 is 60.8 Å². The number of ketones is 2. The summed E-state index contributed by atoms with van der Waals surface area (Å²) < 4.78 is 80.9. The number of aryl methyl sites for hydroxylation is 1. The first-order chi connectivity index (χ1) is 46.0. The van der Waals surface area contributed by atoms with Gasteiger partial charge in [0.05, 0.1) is 131 Å². The van der Waals surface area contributed by atoms with Gasteiger partial charge in [-0.25, -0.2) is 14.2 Å². The average molecular weight is 1300 g/mol. The maximum absolute atomic E-state index is 14.0. The van der Waals surface area contributed by atoms with Crippen LogP contribution in [-0.4, -0.2) is 144 Å². The first-order valence-electron chi connectivity index (χ1n) is 30.9. The molecule has 2 amide bonds. The van der Waals surface area contributed by atoms with Crippen LogP contribution in [0.5, 0.6) is 0 Å². The number of amides is 2. The number of hydrogen-bond acceptors (Lipinski definition) is 15. The van der Waals surface area contributed by atoms with Crippen molar-refractivity contribution in [1.29, 1.82) is 5.26 Å². The Morgan fingerprint density at radius 1 is 0.547 bits per heavy atom. The minimum Gasteiger partial charge on any atom is -0.379 e. The Morgan fingerprint density at radius 3 is 1.57 bits per heavy atom. The summed E-state index contributed by atoms with van der Waals surface area (Å²) >= 11 is 0. The van der Waals surface area contributed by atoms with E-state index in [1.54, 1.807) is 89.2 Å². The predicted molar refractivity (Wildman–Crippen MR) is 347 cm³/mol. The normalized spacial score (nSPS) is 11.3. The first-order valence-corrected chi connectivity index (χ1v) is 30.9. The molecule has 0 saturated heterocycles. The fraction of sp³-hybridized carbons (Fsp3) is 0.343. The van der Waals surface area contributed by atoms with Crippen LogP contribution in [0.15, 0.2) is 143 Å². The van der Waals surface area contributed by atoms with E-state index in [2.05, 4.69) is 31.7 Å². The van der Waals surface area contributed by atoms with Gasteiger partial charge in [-0.1, -0.05) is 30.3 Å². The van der Waals surface area contributed by atoms with Gasteiger partial charge in [0.15, 0.2) is 11.5 Å². The van der Waals surface area contributed by atoms with E-state index in [-0.39, 0.29) is 152 Å². The molecule has 0 aliphatic heterocycles. The highest BCUT2D eigenvalue weighted by Crippen LogP contribution is 2.33. The standard InChI is InChI=1S/C70H73F3N10O12/c1-48-9-5-11-56(43-48)80-50(3)60(64-26-28-78-82(64)54-19-15-51(47-74)16-20-54)46-62(69(80)89)67(87)77-30-34-93-38-42-95-41-37-92-33-29-76-66(86)24-23-58(84)13-7-31-90-35-39-94-40-36-91-32-8-14-65(85)61-45-59(63-25-27-79-83(63)55-21-17-53(75-4)18-22-55)49(2)81(68(61)88)57-12-6-10-52(44-57)70(71,72)73/h5-6,9-12,15-22,25-28,43-46H,7-8,13-14,23-24,29-42H2,1-3H3,(H,76,86)(H,77,87). The van der Waals surface area contributed by atoms with E-state index in [0.29, 0.717) is 69.5 Å². The van der Waals surface area contributed by atoms with Gasteiger partial charge < -0.3 is 39.1 Å². The van der Waals surface area contributed by atoms with Crippen LogP contribution in [0.25, 0.3) is 50.1 Å². The molecule has 0 saturated carbocycles. The Balaban J connectivity index is 0.635. The zero-order valence-electron chi connectivity index (χ0n) is 53.0. The van der Waals surface area contributed by atoms with E-state index >= 15 is 0 Å². The van der Waals surface area contributed by atoms with E-state index in [9.17, 15) is 47.2 Å². The van der Waals surface area contributed by atoms with Crippen molar-refractivity contribution in [2.24, 2.45) is 0 Å². The Labute approximate surface area is 546 Å². The average Bonchev–Trinajstić information content (AvgIpc) is 1.78. The molecule has 4 aromatic heterocycles. The molecular formula is C70H73F3N10O12. The van der Waals surface area contributed by atoms with E-state index in [1.165, 1.54) is 29.0 Å². The summed E-state index contributed by atoms with van der Waals surface area (Å²) in [6.07, 6.45) is -0.500. The van der Waals surface area contributed by atoms with Crippen molar-refractivity contribution in [2.45, 2.75) is 65.5 Å². The summed E-state index contributed by atoms with van der Waals surface area (Å²) in [5.74, 6) is -1.42. The van der Waals surface area contributed by atoms with Crippen LogP contribution in [0.3, 0.4) is 0 Å². The minimum atomic E-state index is -4.68. The monoisotopic (exact) mass is 1300 g/mol. The molecular weight excluding hydrogens is 1230 g/mol. The number of benzene rings is 4. The van der Waals surface area contributed by atoms with Crippen LogP contribution in [-0.2, 0) is 44.2 Å². The zero-order chi connectivity index (χ0) is 67.7. The molecule has 2 N–H and O–H groups in total. The predicted octanol–water partition coefficient (Wildman–Crippen LogP) is 9.80. The fourth-order valence-electron chi connectivity index (χ4n) is 10.3. The molecule has 8 rings (SSSR count). The highest BCUT2D eigenvalue weighted by Gasteiger charge is 2.31. The van der Waals surface area contributed by atoms with Crippen molar-refractivity contribution in [3.63, 3.8) is 0 Å². The van der Waals surface area contributed by atoms with Crippen LogP contribution in [0, 0.1) is 38.7 Å². The molecule has 0 atom stereocenters. The van der Waals surface area contributed by atoms with E-state index in [1.807, 2.05) is 38.1 Å². The molecule has 496 valence electrons. The number of halogens is 3. The second-order valence-electron chi connectivity index (χ2n) is 21.8. The Morgan fingerprint density at radius 2 is 1.03 bits per heavy atom. The van der Waals surface area contributed by atoms with Crippen LogP contribution in [0.4, 0.5) is 18.9 Å². The molecule has 0 fully saturated rings. The Bertz CT molecular complexity index is 4150. The number of nitriles is 1. The van der Waals surface area contributed by atoms with E-state index < -0.39 is 34.5 Å². The van der Waals surface area contributed by atoms with Crippen molar-refractivity contribution in [2.75, 3.05) is 92.4 Å². The third-order valence-corrected chi connectivity index (χ3v) is 15.1. The SMILES string of the molecule is [C-]#[N+]c1ccc(-n2nccc2-c2cc(C(=O)CCCOCCOCCOCCCC(=O)CCC(=O)NCCOCCOCCOCCNC(=O)c3cc(-c4ccnn4-c4ccc(C#N)cc4)c(C)n(-c4cccc(C)c4)c3=O)c(=O)n(-c3cccc(C(F)(F)F)c3)c2C)cc1. The lowest BCUT2D eigenvalue weighted by Gasteiger charge is -2.18. The summed E-state index contributed by atoms with van der Waals surface area (Å²) in [5.41, 5.74) is 4.18. The number of hydrogen-bond donors (Lipinski definition) is 2. The summed E-state index contributed by atoms with van der Waals surface area (Å²) in [4.78, 5) is 83.5. The third kappa shape index (κ3) is 19.8. The molecule has 0 radical (unpaired) electrons. The van der Waals surface area contributed by atoms with Gasteiger partial charge in [-0.2, -0.15) is 28.6 Å². The number of rotatable bonds is 37. The molecule has 8 aromatic rings. The van der Waals surface area contributed by atoms with Gasteiger partial charge in [0.2, 0.25) is 5.91 Å². The van der Waals surface area contributed by atoms with Gasteiger partial charge in [-0.3, -0.25) is 37.9 Å². The smallest absolute Gasteiger partial charge is 0.379 e. The number of Topliss-reactive ketones (excluding diaryl/α,β-unsaturated/α-hetero) is 2. The quantitative estimate of drug-likeness (QED) is 0.0209. The number of ether oxygens (including phenoxy) is 6. The molecule has 95 heavy (non-hydrogen) atoms. The van der Waals surface area contributed by atoms with Crippen LogP contribution >= 0.6 is 0 Å². The van der Waals surface area contributed by atoms with Gasteiger partial charge in [0, 0.05) is 85.9 Å². The van der Waals surface area contributed by atoms with Gasteiger partial charge in [0.1, 0.15) is 11.3 Å². The van der Waals surface area contributed by atoms with Crippen molar-refractivity contribution in [3.8, 4) is 51.3 Å². The lowest BCUT2D eigenvalue weighted by atomic mass is 10.0. The second-order valence-corrected chi connectivity index (χ2v) is 21.8. The van der Waals surface area contributed by atoms with Gasteiger partial charge in [-0.15, -0.1) is 0 Å². The number of aromatic nitrogens is 6. The summed E-state index contributed by atoms with van der Waals surface area (Å²) in [7, 11) is 0. The topological polar surface area (TPSA) is 256 Å². The summed E-state index contributed by atoms with van der Waals surface area (Å²) in [6, 6.07) is 33.9. The molecule has 0 spiro atoms. The number of carbonyl (C=O) groups excluding carboxylic acids is 4. The molecule has 0 unspecified atom stereocenters. The van der Waals surface area contributed by atoms with Crippen LogP contribution in [0.2, 0.25) is 0 Å². The highest BCUT2D eigenvalue weighted by molar-refractivity contribution is 5.97. The van der Waals surface area contributed by atoms with Gasteiger partial charge in [0.25, 0.3) is 17.0 Å². The third-order valence-electron chi connectivity index (χ3n) is 15.1. The number of pyridine rings is 2. The second kappa shape index (κ2) is 35.3. The molecule has 0 aliphatic carbocycles. The molecule has 4 heterocycles. The minimum absolute atomic E-state index is 0.0483.